The van der Waals surface area contributed by atoms with E-state index in [1.54, 1.807) is 44.3 Å². The lowest BCUT2D eigenvalue weighted by Crippen LogP contribution is -2.14. The Bertz CT molecular complexity index is 619. The number of benzene rings is 1. The minimum atomic E-state index is -0.573. The summed E-state index contributed by atoms with van der Waals surface area (Å²) in [5.41, 5.74) is 0.516. The molecule has 0 aliphatic heterocycles. The molecular formula is C14H14N2O4. The predicted octanol–water partition coefficient (Wildman–Crippen LogP) is 1.82. The van der Waals surface area contributed by atoms with Gasteiger partial charge in [-0.2, -0.15) is 5.10 Å². The van der Waals surface area contributed by atoms with Gasteiger partial charge >= 0.3 is 11.9 Å². The topological polar surface area (TPSA) is 70.4 Å². The third-order valence-electron chi connectivity index (χ3n) is 2.58. The Labute approximate surface area is 115 Å². The van der Waals surface area contributed by atoms with Crippen molar-refractivity contribution in [3.63, 3.8) is 0 Å². The van der Waals surface area contributed by atoms with Crippen LogP contribution >= 0.6 is 0 Å². The Morgan fingerprint density at radius 2 is 1.90 bits per heavy atom. The first-order valence-corrected chi connectivity index (χ1v) is 6.09. The molecular weight excluding hydrogens is 260 g/mol. The number of hydrogen-bond donors (Lipinski definition) is 0. The van der Waals surface area contributed by atoms with Gasteiger partial charge in [0.25, 0.3) is 0 Å². The first-order valence-electron chi connectivity index (χ1n) is 6.09. The van der Waals surface area contributed by atoms with Gasteiger partial charge in [0.1, 0.15) is 5.56 Å². The molecule has 2 aromatic rings. The van der Waals surface area contributed by atoms with Crippen LogP contribution in [0.4, 0.5) is 0 Å². The van der Waals surface area contributed by atoms with Crippen LogP contribution in [0.15, 0.2) is 36.5 Å². The standard InChI is InChI=1S/C14H14N2O4/c1-3-19-14(18)11-9-15-16(2)12(11)20-13(17)10-7-5-4-6-8-10/h4-9H,3H2,1-2H3. The molecule has 1 heterocycles. The van der Waals surface area contributed by atoms with E-state index in [2.05, 4.69) is 5.10 Å². The third-order valence-corrected chi connectivity index (χ3v) is 2.58. The number of carbonyl (C=O) groups is 2. The van der Waals surface area contributed by atoms with Crippen molar-refractivity contribution in [3.05, 3.63) is 47.7 Å². The molecule has 6 heteroatoms. The van der Waals surface area contributed by atoms with Gasteiger partial charge in [-0.05, 0) is 19.1 Å². The normalized spacial score (nSPS) is 10.1. The summed E-state index contributed by atoms with van der Waals surface area (Å²) in [6, 6.07) is 8.51. The van der Waals surface area contributed by atoms with Gasteiger partial charge in [-0.15, -0.1) is 0 Å². The maximum atomic E-state index is 12.0. The molecule has 0 radical (unpaired) electrons. The first kappa shape index (κ1) is 13.8. The monoisotopic (exact) mass is 274 g/mol. The SMILES string of the molecule is CCOC(=O)c1cnn(C)c1OC(=O)c1ccccc1. The fourth-order valence-corrected chi connectivity index (χ4v) is 1.62. The Morgan fingerprint density at radius 1 is 1.20 bits per heavy atom. The van der Waals surface area contributed by atoms with Crippen LogP contribution in [-0.4, -0.2) is 28.3 Å². The van der Waals surface area contributed by atoms with Gasteiger partial charge in [0.05, 0.1) is 18.4 Å². The van der Waals surface area contributed by atoms with E-state index in [0.29, 0.717) is 5.56 Å². The van der Waals surface area contributed by atoms with Gasteiger partial charge in [-0.3, -0.25) is 0 Å². The molecule has 0 saturated carbocycles. The number of aryl methyl sites for hydroxylation is 1. The first-order chi connectivity index (χ1) is 9.63. The van der Waals surface area contributed by atoms with Crippen LogP contribution in [0.3, 0.4) is 0 Å². The summed E-state index contributed by atoms with van der Waals surface area (Å²) in [7, 11) is 1.58. The zero-order valence-corrected chi connectivity index (χ0v) is 11.2. The molecule has 0 spiro atoms. The number of hydrogen-bond acceptors (Lipinski definition) is 5. The van der Waals surface area contributed by atoms with Gasteiger partial charge in [-0.25, -0.2) is 14.3 Å². The highest BCUT2D eigenvalue weighted by Gasteiger charge is 2.21. The summed E-state index contributed by atoms with van der Waals surface area (Å²) in [5, 5.41) is 3.91. The summed E-state index contributed by atoms with van der Waals surface area (Å²) in [5.74, 6) is -1.06. The molecule has 104 valence electrons. The number of carbonyl (C=O) groups excluding carboxylic acids is 2. The van der Waals surface area contributed by atoms with E-state index in [-0.39, 0.29) is 18.1 Å². The minimum absolute atomic E-state index is 0.0669. The number of nitrogens with zero attached hydrogens (tertiary/aromatic N) is 2. The Balaban J connectivity index is 2.23. The van der Waals surface area contributed by atoms with E-state index >= 15 is 0 Å². The summed E-state index contributed by atoms with van der Waals surface area (Å²) in [6.07, 6.45) is 1.31. The highest BCUT2D eigenvalue weighted by Crippen LogP contribution is 2.19. The summed E-state index contributed by atoms with van der Waals surface area (Å²) < 4.78 is 11.4. The lowest BCUT2D eigenvalue weighted by Gasteiger charge is -2.06. The van der Waals surface area contributed by atoms with Crippen molar-refractivity contribution in [2.24, 2.45) is 7.05 Å². The van der Waals surface area contributed by atoms with E-state index in [1.165, 1.54) is 10.9 Å². The molecule has 0 N–H and O–H groups in total. The molecule has 0 fully saturated rings. The second-order valence-electron chi connectivity index (χ2n) is 3.96. The zero-order chi connectivity index (χ0) is 14.5. The third kappa shape index (κ3) is 2.85. The van der Waals surface area contributed by atoms with E-state index in [4.69, 9.17) is 9.47 Å². The van der Waals surface area contributed by atoms with E-state index in [0.717, 1.165) is 0 Å². The fourth-order valence-electron chi connectivity index (χ4n) is 1.62. The molecule has 0 atom stereocenters. The average Bonchev–Trinajstić information content (AvgIpc) is 2.81. The number of ether oxygens (including phenoxy) is 2. The van der Waals surface area contributed by atoms with Crippen LogP contribution in [0.25, 0.3) is 0 Å². The Hall–Kier alpha value is -2.63. The number of aromatic nitrogens is 2. The quantitative estimate of drug-likeness (QED) is 0.795. The maximum absolute atomic E-state index is 12.0. The van der Waals surface area contributed by atoms with Crippen LogP contribution in [0, 0.1) is 0 Å². The van der Waals surface area contributed by atoms with Crippen molar-refractivity contribution in [2.75, 3.05) is 6.61 Å². The molecule has 6 nitrogen and oxygen atoms in total. The number of rotatable bonds is 4. The highest BCUT2D eigenvalue weighted by atomic mass is 16.6. The molecule has 0 amide bonds. The predicted molar refractivity (Wildman–Crippen MR) is 70.6 cm³/mol. The van der Waals surface area contributed by atoms with Crippen molar-refractivity contribution in [2.45, 2.75) is 6.92 Å². The van der Waals surface area contributed by atoms with Crippen LogP contribution < -0.4 is 4.74 Å². The Kier molecular flexibility index (Phi) is 4.14. The van der Waals surface area contributed by atoms with Crippen LogP contribution in [-0.2, 0) is 11.8 Å². The van der Waals surface area contributed by atoms with Crippen LogP contribution in [0.1, 0.15) is 27.6 Å². The van der Waals surface area contributed by atoms with Crippen molar-refractivity contribution < 1.29 is 19.1 Å². The lowest BCUT2D eigenvalue weighted by atomic mass is 10.2. The van der Waals surface area contributed by atoms with Crippen molar-refractivity contribution >= 4 is 11.9 Å². The van der Waals surface area contributed by atoms with Crippen molar-refractivity contribution in [3.8, 4) is 5.88 Å². The molecule has 0 unspecified atom stereocenters. The van der Waals surface area contributed by atoms with Gasteiger partial charge in [0.15, 0.2) is 0 Å². The van der Waals surface area contributed by atoms with E-state index < -0.39 is 11.9 Å². The van der Waals surface area contributed by atoms with Crippen LogP contribution in [0.5, 0.6) is 5.88 Å². The Morgan fingerprint density at radius 3 is 2.55 bits per heavy atom. The fraction of sp³-hybridized carbons (Fsp3) is 0.214. The lowest BCUT2D eigenvalue weighted by molar-refractivity contribution is 0.0519. The molecule has 0 saturated heterocycles. The maximum Gasteiger partial charge on any atom is 0.345 e. The molecule has 2 rings (SSSR count). The molecule has 20 heavy (non-hydrogen) atoms. The second kappa shape index (κ2) is 6.01. The smallest absolute Gasteiger partial charge is 0.345 e. The second-order valence-corrected chi connectivity index (χ2v) is 3.96. The van der Waals surface area contributed by atoms with Crippen molar-refractivity contribution in [1.29, 1.82) is 0 Å². The minimum Gasteiger partial charge on any atom is -0.462 e. The van der Waals surface area contributed by atoms with E-state index in [9.17, 15) is 9.59 Å². The van der Waals surface area contributed by atoms with Crippen molar-refractivity contribution in [1.82, 2.24) is 9.78 Å². The zero-order valence-electron chi connectivity index (χ0n) is 11.2. The van der Waals surface area contributed by atoms with Gasteiger partial charge < -0.3 is 9.47 Å². The summed E-state index contributed by atoms with van der Waals surface area (Å²) in [6.45, 7) is 1.93. The highest BCUT2D eigenvalue weighted by molar-refractivity contribution is 5.95. The van der Waals surface area contributed by atoms with Gasteiger partial charge in [-0.1, -0.05) is 18.2 Å². The average molecular weight is 274 g/mol. The molecule has 1 aromatic heterocycles. The molecule has 1 aromatic carbocycles. The molecule has 0 aliphatic rings. The van der Waals surface area contributed by atoms with Gasteiger partial charge in [0, 0.05) is 7.05 Å². The molecule has 0 bridgehead atoms. The van der Waals surface area contributed by atoms with Gasteiger partial charge in [0.2, 0.25) is 5.88 Å². The van der Waals surface area contributed by atoms with E-state index in [1.807, 2.05) is 0 Å². The summed E-state index contributed by atoms with van der Waals surface area (Å²) >= 11 is 0. The van der Waals surface area contributed by atoms with Crippen LogP contribution in [0.2, 0.25) is 0 Å². The number of esters is 2. The largest absolute Gasteiger partial charge is 0.462 e. The molecule has 0 aliphatic carbocycles. The summed E-state index contributed by atoms with van der Waals surface area (Å²) in [4.78, 5) is 23.7.